The van der Waals surface area contributed by atoms with Crippen LogP contribution >= 0.6 is 70.4 Å². The van der Waals surface area contributed by atoms with Gasteiger partial charge in [0.1, 0.15) is 0 Å². The first-order valence-electron chi connectivity index (χ1n) is 4.82. The lowest BCUT2D eigenvalue weighted by atomic mass is 10.2. The lowest BCUT2D eigenvalue weighted by Crippen LogP contribution is -1.72. The topological polar surface area (TPSA) is 0 Å². The summed E-state index contributed by atoms with van der Waals surface area (Å²) in [5, 5.41) is 0. The minimum Gasteiger partial charge on any atom is -0.0611 e. The second kappa shape index (κ2) is 7.92. The molecule has 0 aliphatic rings. The third kappa shape index (κ3) is 5.85. The molecule has 90 valence electrons. The highest BCUT2D eigenvalue weighted by Crippen LogP contribution is 2.20. The van der Waals surface area contributed by atoms with Gasteiger partial charge in [-0.2, -0.15) is 0 Å². The van der Waals surface area contributed by atoms with E-state index in [4.69, 9.17) is 0 Å². The number of aryl methyl sites for hydroxylation is 1. The highest BCUT2D eigenvalue weighted by Gasteiger charge is 1.92. The lowest BCUT2D eigenvalue weighted by molar-refractivity contribution is 1.42. The van der Waals surface area contributed by atoms with Crippen molar-refractivity contribution in [3.05, 3.63) is 65.0 Å². The molecule has 0 unspecified atom stereocenters. The second-order valence-electron chi connectivity index (χ2n) is 3.31. The monoisotopic (exact) mass is 530 g/mol. The Balaban J connectivity index is 0.000000171. The van der Waals surface area contributed by atoms with Crippen molar-refractivity contribution in [1.29, 1.82) is 0 Å². The van der Waals surface area contributed by atoms with Crippen LogP contribution in [0.5, 0.6) is 0 Å². The zero-order valence-corrected chi connectivity index (χ0v) is 16.0. The average Bonchev–Trinajstić information content (AvgIpc) is 2.29. The lowest BCUT2D eigenvalue weighted by Gasteiger charge is -1.95. The maximum absolute atomic E-state index is 3.42. The van der Waals surface area contributed by atoms with Gasteiger partial charge in [-0.1, -0.05) is 50.1 Å². The molecule has 0 aromatic heterocycles. The summed E-state index contributed by atoms with van der Waals surface area (Å²) in [6.45, 7) is 2.07. The number of halogens is 4. The Hall–Kier alpha value is 0.610. The molecule has 0 N–H and O–H groups in total. The van der Waals surface area contributed by atoms with Crippen LogP contribution in [-0.2, 0) is 0 Å². The first-order chi connectivity index (χ1) is 8.00. The van der Waals surface area contributed by atoms with Crippen LogP contribution in [0.4, 0.5) is 0 Å². The van der Waals surface area contributed by atoms with E-state index in [0.29, 0.717) is 0 Å². The van der Waals surface area contributed by atoms with E-state index in [1.807, 2.05) is 30.3 Å². The molecule has 0 aliphatic carbocycles. The summed E-state index contributed by atoms with van der Waals surface area (Å²) in [5.74, 6) is 0. The molecule has 0 aliphatic heterocycles. The van der Waals surface area contributed by atoms with Crippen LogP contribution in [0, 0.1) is 10.5 Å². The van der Waals surface area contributed by atoms with Gasteiger partial charge >= 0.3 is 0 Å². The predicted octanol–water partition coefficient (Wildman–Crippen LogP) is 6.57. The van der Waals surface area contributed by atoms with E-state index in [0.717, 1.165) is 8.95 Å². The number of hydrogen-bond donors (Lipinski definition) is 0. The molecule has 0 heterocycles. The maximum atomic E-state index is 3.42. The van der Waals surface area contributed by atoms with Crippen LogP contribution < -0.4 is 0 Å². The summed E-state index contributed by atoms with van der Waals surface area (Å²) in [4.78, 5) is 0. The van der Waals surface area contributed by atoms with Gasteiger partial charge in [0, 0.05) is 17.0 Å². The highest BCUT2D eigenvalue weighted by molar-refractivity contribution is 14.1. The van der Waals surface area contributed by atoms with E-state index in [9.17, 15) is 0 Å². The molecule has 0 saturated carbocycles. The molecule has 0 bridgehead atoms. The molecule has 2 aromatic carbocycles. The molecule has 0 saturated heterocycles. The van der Waals surface area contributed by atoms with Crippen LogP contribution in [0.1, 0.15) is 5.56 Å². The van der Waals surface area contributed by atoms with Gasteiger partial charge in [0.2, 0.25) is 0 Å². The van der Waals surface area contributed by atoms with E-state index < -0.39 is 0 Å². The summed E-state index contributed by atoms with van der Waals surface area (Å²) in [7, 11) is 0. The molecule has 17 heavy (non-hydrogen) atoms. The van der Waals surface area contributed by atoms with Gasteiger partial charge in [-0.05, 0) is 75.3 Å². The molecule has 0 radical (unpaired) electrons. The van der Waals surface area contributed by atoms with E-state index in [2.05, 4.69) is 89.4 Å². The fourth-order valence-electron chi connectivity index (χ4n) is 1.01. The van der Waals surface area contributed by atoms with Crippen molar-refractivity contribution in [2.24, 2.45) is 0 Å². The Bertz CT molecular complexity index is 477. The van der Waals surface area contributed by atoms with Crippen molar-refractivity contribution in [3.8, 4) is 0 Å². The van der Waals surface area contributed by atoms with E-state index in [-0.39, 0.29) is 0 Å². The third-order valence-corrected chi connectivity index (χ3v) is 5.68. The molecule has 2 rings (SSSR count). The van der Waals surface area contributed by atoms with E-state index in [1.165, 1.54) is 13.6 Å². The van der Waals surface area contributed by atoms with Crippen LogP contribution in [0.15, 0.2) is 55.9 Å². The standard InChI is InChI=1S/C7H6Br2.C6H4BrI/c1-5-2-3-6(8)4-7(5)9;7-5-3-1-2-4-6(5)8/h2-4H,1H3;1-4H. The number of rotatable bonds is 0. The Morgan fingerprint density at radius 3 is 1.94 bits per heavy atom. The third-order valence-electron chi connectivity index (χ3n) is 1.96. The normalized spacial score (nSPS) is 9.47. The first kappa shape index (κ1) is 15.7. The van der Waals surface area contributed by atoms with Crippen molar-refractivity contribution in [2.75, 3.05) is 0 Å². The van der Waals surface area contributed by atoms with Crippen LogP contribution in [-0.4, -0.2) is 0 Å². The summed E-state index contributed by atoms with van der Waals surface area (Å²) in [6.07, 6.45) is 0. The summed E-state index contributed by atoms with van der Waals surface area (Å²) in [5.41, 5.74) is 1.26. The highest BCUT2D eigenvalue weighted by atomic mass is 127. The van der Waals surface area contributed by atoms with Crippen molar-refractivity contribution in [1.82, 2.24) is 0 Å². The van der Waals surface area contributed by atoms with Gasteiger partial charge in [0.25, 0.3) is 0 Å². The van der Waals surface area contributed by atoms with Crippen LogP contribution in [0.2, 0.25) is 0 Å². The molecular formula is C13H10Br3I. The zero-order valence-electron chi connectivity index (χ0n) is 9.05. The smallest absolute Gasteiger partial charge is 0.0308 e. The molecule has 0 fully saturated rings. The average molecular weight is 533 g/mol. The zero-order chi connectivity index (χ0) is 12.8. The Morgan fingerprint density at radius 2 is 1.53 bits per heavy atom. The van der Waals surface area contributed by atoms with Crippen molar-refractivity contribution < 1.29 is 0 Å². The largest absolute Gasteiger partial charge is 0.0611 e. The number of hydrogen-bond acceptors (Lipinski definition) is 0. The van der Waals surface area contributed by atoms with Gasteiger partial charge in [-0.3, -0.25) is 0 Å². The molecule has 0 nitrogen and oxygen atoms in total. The number of benzene rings is 2. The minimum absolute atomic E-state index is 1.11. The van der Waals surface area contributed by atoms with Gasteiger partial charge in [0.05, 0.1) is 0 Å². The van der Waals surface area contributed by atoms with Crippen LogP contribution in [0.25, 0.3) is 0 Å². The van der Waals surface area contributed by atoms with E-state index >= 15 is 0 Å². The Labute approximate surface area is 141 Å². The summed E-state index contributed by atoms with van der Waals surface area (Å²) in [6, 6.07) is 14.2. The molecule has 4 heteroatoms. The Kier molecular flexibility index (Phi) is 7.30. The van der Waals surface area contributed by atoms with Crippen LogP contribution in [0.3, 0.4) is 0 Å². The molecule has 0 atom stereocenters. The summed E-state index contributed by atoms with van der Waals surface area (Å²) >= 11 is 12.4. The fraction of sp³-hybridized carbons (Fsp3) is 0.0769. The Morgan fingerprint density at radius 1 is 0.882 bits per heavy atom. The first-order valence-corrected chi connectivity index (χ1v) is 8.28. The van der Waals surface area contributed by atoms with Crippen molar-refractivity contribution >= 4 is 70.4 Å². The van der Waals surface area contributed by atoms with Crippen molar-refractivity contribution in [2.45, 2.75) is 6.92 Å². The van der Waals surface area contributed by atoms with Gasteiger partial charge < -0.3 is 0 Å². The van der Waals surface area contributed by atoms with E-state index in [1.54, 1.807) is 0 Å². The quantitative estimate of drug-likeness (QED) is 0.337. The van der Waals surface area contributed by atoms with Crippen molar-refractivity contribution in [3.63, 3.8) is 0 Å². The molecule has 2 aromatic rings. The molecule has 0 spiro atoms. The van der Waals surface area contributed by atoms with Gasteiger partial charge in [-0.15, -0.1) is 0 Å². The second-order valence-corrected chi connectivity index (χ2v) is 7.09. The maximum Gasteiger partial charge on any atom is 0.0308 e. The van der Waals surface area contributed by atoms with Gasteiger partial charge in [0.15, 0.2) is 0 Å². The predicted molar refractivity (Wildman–Crippen MR) is 93.4 cm³/mol. The fourth-order valence-corrected chi connectivity index (χ4v) is 2.73. The summed E-state index contributed by atoms with van der Waals surface area (Å²) < 4.78 is 4.68. The minimum atomic E-state index is 1.11. The molecule has 0 amide bonds. The molecular weight excluding hydrogens is 523 g/mol. The van der Waals surface area contributed by atoms with Gasteiger partial charge in [-0.25, -0.2) is 0 Å². The SMILES string of the molecule is Brc1ccccc1I.Cc1ccc(Br)cc1Br.